The van der Waals surface area contributed by atoms with Crippen molar-refractivity contribution in [3.05, 3.63) is 11.7 Å². The van der Waals surface area contributed by atoms with Gasteiger partial charge in [0, 0.05) is 36.8 Å². The highest BCUT2D eigenvalue weighted by Gasteiger charge is 2.24. The molecule has 2 unspecified atom stereocenters. The Morgan fingerprint density at radius 2 is 2.04 bits per heavy atom. The average Bonchev–Trinajstić information content (AvgIpc) is 2.88. The van der Waals surface area contributed by atoms with Crippen molar-refractivity contribution in [2.45, 2.75) is 83.6 Å². The monoisotopic (exact) mass is 337 g/mol. The first-order chi connectivity index (χ1) is 11.4. The first-order valence-electron chi connectivity index (χ1n) is 9.13. The summed E-state index contributed by atoms with van der Waals surface area (Å²) in [5.74, 6) is 1.54. The zero-order valence-corrected chi connectivity index (χ0v) is 15.2. The van der Waals surface area contributed by atoms with Crippen molar-refractivity contribution >= 4 is 5.91 Å². The van der Waals surface area contributed by atoms with E-state index in [2.05, 4.69) is 15.5 Å². The highest BCUT2D eigenvalue weighted by atomic mass is 16.5. The van der Waals surface area contributed by atoms with Gasteiger partial charge in [-0.15, -0.1) is 0 Å². The molecule has 0 aliphatic heterocycles. The minimum absolute atomic E-state index is 0.0518. The molecule has 1 heterocycles. The van der Waals surface area contributed by atoms with Crippen LogP contribution >= 0.6 is 0 Å². The molecule has 1 saturated carbocycles. The molecule has 1 aliphatic rings. The minimum atomic E-state index is -0.127. The van der Waals surface area contributed by atoms with Gasteiger partial charge in [0.1, 0.15) is 0 Å². The van der Waals surface area contributed by atoms with E-state index in [-0.39, 0.29) is 29.9 Å². The molecule has 0 spiro atoms. The standard InChI is InChI=1S/C18H31N3O3/c1-18(2,3)17-20-16(24-21-17)11-7-10-15(23)19-14-9-6-4-5-8-13(14)12-22/h13-14,22H,4-12H2,1-3H3,(H,19,23). The molecule has 2 rings (SSSR count). The van der Waals surface area contributed by atoms with E-state index in [9.17, 15) is 9.90 Å². The molecule has 2 N–H and O–H groups in total. The second kappa shape index (κ2) is 8.60. The lowest BCUT2D eigenvalue weighted by Gasteiger charge is -2.24. The molecule has 136 valence electrons. The van der Waals surface area contributed by atoms with Gasteiger partial charge in [-0.25, -0.2) is 0 Å². The normalized spacial score (nSPS) is 22.2. The third-order valence-electron chi connectivity index (χ3n) is 4.67. The maximum Gasteiger partial charge on any atom is 0.226 e. The maximum atomic E-state index is 12.2. The van der Waals surface area contributed by atoms with Crippen LogP contribution in [0.15, 0.2) is 4.52 Å². The molecule has 1 aliphatic carbocycles. The zero-order valence-electron chi connectivity index (χ0n) is 15.2. The first-order valence-corrected chi connectivity index (χ1v) is 9.13. The van der Waals surface area contributed by atoms with Crippen molar-refractivity contribution in [1.29, 1.82) is 0 Å². The van der Waals surface area contributed by atoms with Crippen molar-refractivity contribution in [3.63, 3.8) is 0 Å². The topological polar surface area (TPSA) is 88.2 Å². The quantitative estimate of drug-likeness (QED) is 0.779. The van der Waals surface area contributed by atoms with E-state index in [0.29, 0.717) is 31.0 Å². The summed E-state index contributed by atoms with van der Waals surface area (Å²) in [4.78, 5) is 16.6. The molecule has 6 heteroatoms. The lowest BCUT2D eigenvalue weighted by Crippen LogP contribution is -2.41. The van der Waals surface area contributed by atoms with Gasteiger partial charge in [0.2, 0.25) is 11.8 Å². The van der Waals surface area contributed by atoms with Crippen molar-refractivity contribution in [1.82, 2.24) is 15.5 Å². The second-order valence-corrected chi connectivity index (χ2v) is 7.87. The van der Waals surface area contributed by atoms with E-state index >= 15 is 0 Å². The molecule has 0 bridgehead atoms. The van der Waals surface area contributed by atoms with Gasteiger partial charge in [0.15, 0.2) is 5.82 Å². The molecular weight excluding hydrogens is 306 g/mol. The van der Waals surface area contributed by atoms with E-state index in [1.165, 1.54) is 6.42 Å². The summed E-state index contributed by atoms with van der Waals surface area (Å²) in [6.07, 6.45) is 7.18. The molecule has 0 radical (unpaired) electrons. The average molecular weight is 337 g/mol. The van der Waals surface area contributed by atoms with Crippen LogP contribution < -0.4 is 5.32 Å². The predicted octanol–water partition coefficient (Wildman–Crippen LogP) is 2.75. The van der Waals surface area contributed by atoms with Crippen molar-refractivity contribution in [2.75, 3.05) is 6.61 Å². The summed E-state index contributed by atoms with van der Waals surface area (Å²) in [5, 5.41) is 16.6. The number of hydrogen-bond donors (Lipinski definition) is 2. The Hall–Kier alpha value is -1.43. The molecular formula is C18H31N3O3. The summed E-state index contributed by atoms with van der Waals surface area (Å²) in [6.45, 7) is 6.28. The van der Waals surface area contributed by atoms with E-state index in [4.69, 9.17) is 4.52 Å². The SMILES string of the molecule is CC(C)(C)c1noc(CCCC(=O)NC2CCCCCC2CO)n1. The third-order valence-corrected chi connectivity index (χ3v) is 4.67. The highest BCUT2D eigenvalue weighted by Crippen LogP contribution is 2.23. The van der Waals surface area contributed by atoms with E-state index in [1.54, 1.807) is 0 Å². The smallest absolute Gasteiger partial charge is 0.226 e. The number of nitrogens with one attached hydrogen (secondary N) is 1. The van der Waals surface area contributed by atoms with Crippen molar-refractivity contribution < 1.29 is 14.4 Å². The summed E-state index contributed by atoms with van der Waals surface area (Å²) in [6, 6.07) is 0.112. The molecule has 24 heavy (non-hydrogen) atoms. The van der Waals surface area contributed by atoms with Gasteiger partial charge in [-0.05, 0) is 19.3 Å². The fraction of sp³-hybridized carbons (Fsp3) is 0.833. The molecule has 6 nitrogen and oxygen atoms in total. The van der Waals surface area contributed by atoms with Crippen molar-refractivity contribution in [2.24, 2.45) is 5.92 Å². The Kier molecular flexibility index (Phi) is 6.78. The van der Waals surface area contributed by atoms with Gasteiger partial charge in [0.05, 0.1) is 0 Å². The molecule has 1 aromatic heterocycles. The lowest BCUT2D eigenvalue weighted by atomic mass is 9.95. The number of aliphatic hydroxyl groups is 1. The molecule has 0 saturated heterocycles. The summed E-state index contributed by atoms with van der Waals surface area (Å²) < 4.78 is 5.25. The van der Waals surface area contributed by atoms with Gasteiger partial charge in [0.25, 0.3) is 0 Å². The maximum absolute atomic E-state index is 12.2. The van der Waals surface area contributed by atoms with Crippen LogP contribution in [0.25, 0.3) is 0 Å². The number of rotatable bonds is 6. The Morgan fingerprint density at radius 3 is 2.71 bits per heavy atom. The Bertz CT molecular complexity index is 522. The van der Waals surface area contributed by atoms with Crippen LogP contribution in [0.2, 0.25) is 0 Å². The molecule has 1 amide bonds. The fourth-order valence-corrected chi connectivity index (χ4v) is 3.13. The fourth-order valence-electron chi connectivity index (χ4n) is 3.13. The van der Waals surface area contributed by atoms with Crippen LogP contribution in [0, 0.1) is 5.92 Å². The lowest BCUT2D eigenvalue weighted by molar-refractivity contribution is -0.122. The zero-order chi connectivity index (χ0) is 17.6. The summed E-state index contributed by atoms with van der Waals surface area (Å²) in [5.41, 5.74) is -0.127. The Labute approximate surface area is 144 Å². The number of aliphatic hydroxyl groups excluding tert-OH is 1. The predicted molar refractivity (Wildman–Crippen MR) is 91.5 cm³/mol. The van der Waals surface area contributed by atoms with Gasteiger partial charge >= 0.3 is 0 Å². The van der Waals surface area contributed by atoms with Gasteiger partial charge < -0.3 is 14.9 Å². The molecule has 0 aromatic carbocycles. The van der Waals surface area contributed by atoms with Crippen LogP contribution in [0.5, 0.6) is 0 Å². The van der Waals surface area contributed by atoms with Gasteiger partial charge in [-0.1, -0.05) is 45.2 Å². The van der Waals surface area contributed by atoms with Crippen LogP contribution in [-0.2, 0) is 16.6 Å². The van der Waals surface area contributed by atoms with Gasteiger partial charge in [-0.3, -0.25) is 4.79 Å². The number of carbonyl (C=O) groups is 1. The highest BCUT2D eigenvalue weighted by molar-refractivity contribution is 5.76. The summed E-state index contributed by atoms with van der Waals surface area (Å²) >= 11 is 0. The third kappa shape index (κ3) is 5.58. The first kappa shape index (κ1) is 18.9. The molecule has 1 fully saturated rings. The number of aromatic nitrogens is 2. The second-order valence-electron chi connectivity index (χ2n) is 7.87. The largest absolute Gasteiger partial charge is 0.396 e. The minimum Gasteiger partial charge on any atom is -0.396 e. The van der Waals surface area contributed by atoms with Gasteiger partial charge in [-0.2, -0.15) is 4.98 Å². The van der Waals surface area contributed by atoms with E-state index in [0.717, 1.165) is 25.7 Å². The van der Waals surface area contributed by atoms with E-state index < -0.39 is 0 Å². The number of hydrogen-bond acceptors (Lipinski definition) is 5. The van der Waals surface area contributed by atoms with Crippen LogP contribution in [-0.4, -0.2) is 33.8 Å². The number of nitrogens with zero attached hydrogens (tertiary/aromatic N) is 2. The van der Waals surface area contributed by atoms with Crippen LogP contribution in [0.1, 0.15) is 77.4 Å². The Morgan fingerprint density at radius 1 is 1.29 bits per heavy atom. The number of carbonyl (C=O) groups excluding carboxylic acids is 1. The Balaban J connectivity index is 1.75. The molecule has 1 aromatic rings. The number of aryl methyl sites for hydroxylation is 1. The van der Waals surface area contributed by atoms with Crippen LogP contribution in [0.3, 0.4) is 0 Å². The molecule has 2 atom stereocenters. The van der Waals surface area contributed by atoms with E-state index in [1.807, 2.05) is 20.8 Å². The van der Waals surface area contributed by atoms with Crippen LogP contribution in [0.4, 0.5) is 0 Å². The summed E-state index contributed by atoms with van der Waals surface area (Å²) in [7, 11) is 0. The number of amides is 1. The van der Waals surface area contributed by atoms with Crippen molar-refractivity contribution in [3.8, 4) is 0 Å².